The molecule has 2 N–H and O–H groups in total. The lowest BCUT2D eigenvalue weighted by Crippen LogP contribution is -2.37. The van der Waals surface area contributed by atoms with Crippen molar-refractivity contribution in [3.8, 4) is 5.75 Å². The average molecular weight is 262 g/mol. The zero-order valence-electron chi connectivity index (χ0n) is 12.4. The van der Waals surface area contributed by atoms with E-state index in [-0.39, 0.29) is 5.41 Å². The van der Waals surface area contributed by atoms with Gasteiger partial charge >= 0.3 is 0 Å². The van der Waals surface area contributed by atoms with Gasteiger partial charge in [0.15, 0.2) is 0 Å². The Morgan fingerprint density at radius 2 is 1.89 bits per heavy atom. The van der Waals surface area contributed by atoms with Gasteiger partial charge in [0.05, 0.1) is 7.11 Å². The van der Waals surface area contributed by atoms with E-state index >= 15 is 0 Å². The maximum absolute atomic E-state index is 5.40. The predicted molar refractivity (Wildman–Crippen MR) is 79.9 cm³/mol. The van der Waals surface area contributed by atoms with Gasteiger partial charge in [-0.2, -0.15) is 0 Å². The van der Waals surface area contributed by atoms with Gasteiger partial charge in [0.1, 0.15) is 5.75 Å². The van der Waals surface area contributed by atoms with Crippen LogP contribution in [0.25, 0.3) is 0 Å². The molecule has 1 aromatic rings. The van der Waals surface area contributed by atoms with Gasteiger partial charge in [0.25, 0.3) is 0 Å². The van der Waals surface area contributed by atoms with Crippen LogP contribution in [0.5, 0.6) is 5.75 Å². The third-order valence-corrected chi connectivity index (χ3v) is 3.94. The van der Waals surface area contributed by atoms with Gasteiger partial charge in [0, 0.05) is 26.2 Å². The molecule has 0 bridgehead atoms. The molecule has 0 radical (unpaired) electrons. The minimum absolute atomic E-state index is 0.288. The molecule has 1 aliphatic heterocycles. The van der Waals surface area contributed by atoms with Crippen LogP contribution in [-0.4, -0.2) is 33.3 Å². The Balaban J connectivity index is 2.13. The van der Waals surface area contributed by atoms with Gasteiger partial charge < -0.3 is 15.4 Å². The summed E-state index contributed by atoms with van der Waals surface area (Å²) in [6.07, 6.45) is 2.12. The topological polar surface area (TPSA) is 33.3 Å². The van der Waals surface area contributed by atoms with E-state index in [1.165, 1.54) is 11.1 Å². The number of ether oxygens (including phenoxy) is 1. The molecule has 0 spiro atoms. The van der Waals surface area contributed by atoms with Gasteiger partial charge in [-0.3, -0.25) is 0 Å². The predicted octanol–water partition coefficient (Wildman–Crippen LogP) is 2.00. The Morgan fingerprint density at radius 3 is 2.47 bits per heavy atom. The highest BCUT2D eigenvalue weighted by atomic mass is 16.5. The summed E-state index contributed by atoms with van der Waals surface area (Å²) in [6.45, 7) is 8.82. The lowest BCUT2D eigenvalue weighted by molar-refractivity contribution is 0.314. The minimum Gasteiger partial charge on any atom is -0.496 e. The summed E-state index contributed by atoms with van der Waals surface area (Å²) < 4.78 is 5.40. The standard InChI is InChI=1S/C16H26N2O/c1-4-14-9-13(5-6-15(14)19-3)10-16(2)11-17-7-8-18-12-16/h5-6,9,17-18H,4,7-8,10-12H2,1-3H3. The lowest BCUT2D eigenvalue weighted by Gasteiger charge is -2.28. The molecule has 19 heavy (non-hydrogen) atoms. The summed E-state index contributed by atoms with van der Waals surface area (Å²) in [6, 6.07) is 6.61. The first kappa shape index (κ1) is 14.4. The summed E-state index contributed by atoms with van der Waals surface area (Å²) in [5.74, 6) is 1.01. The quantitative estimate of drug-likeness (QED) is 0.871. The summed E-state index contributed by atoms with van der Waals surface area (Å²) >= 11 is 0. The molecule has 0 unspecified atom stereocenters. The molecule has 1 saturated heterocycles. The fraction of sp³-hybridized carbons (Fsp3) is 0.625. The van der Waals surface area contributed by atoms with Gasteiger partial charge in [-0.15, -0.1) is 0 Å². The number of rotatable bonds is 4. The smallest absolute Gasteiger partial charge is 0.122 e. The molecule has 1 fully saturated rings. The molecule has 1 aliphatic rings. The number of hydrogen-bond donors (Lipinski definition) is 2. The van der Waals surface area contributed by atoms with Crippen molar-refractivity contribution in [3.63, 3.8) is 0 Å². The zero-order chi connectivity index (χ0) is 13.7. The summed E-state index contributed by atoms with van der Waals surface area (Å²) in [5, 5.41) is 7.04. The van der Waals surface area contributed by atoms with E-state index in [9.17, 15) is 0 Å². The van der Waals surface area contributed by atoms with E-state index in [0.717, 1.165) is 44.8 Å². The second kappa shape index (κ2) is 6.40. The molecule has 106 valence electrons. The van der Waals surface area contributed by atoms with Gasteiger partial charge in [-0.25, -0.2) is 0 Å². The second-order valence-electron chi connectivity index (χ2n) is 5.84. The van der Waals surface area contributed by atoms with Crippen LogP contribution in [0.3, 0.4) is 0 Å². The van der Waals surface area contributed by atoms with Crippen molar-refractivity contribution in [1.82, 2.24) is 10.6 Å². The first-order chi connectivity index (χ1) is 9.17. The maximum atomic E-state index is 5.40. The highest BCUT2D eigenvalue weighted by Gasteiger charge is 2.26. The zero-order valence-corrected chi connectivity index (χ0v) is 12.4. The lowest BCUT2D eigenvalue weighted by atomic mass is 9.83. The van der Waals surface area contributed by atoms with E-state index in [0.29, 0.717) is 0 Å². The first-order valence-electron chi connectivity index (χ1n) is 7.24. The van der Waals surface area contributed by atoms with Crippen LogP contribution in [0, 0.1) is 5.41 Å². The molecule has 0 saturated carbocycles. The number of methoxy groups -OCH3 is 1. The molecular weight excluding hydrogens is 236 g/mol. The molecular formula is C16H26N2O. The van der Waals surface area contributed by atoms with Crippen molar-refractivity contribution in [2.75, 3.05) is 33.3 Å². The molecule has 0 amide bonds. The Bertz CT molecular complexity index is 409. The molecule has 3 heteroatoms. The van der Waals surface area contributed by atoms with Crippen LogP contribution in [0.4, 0.5) is 0 Å². The van der Waals surface area contributed by atoms with E-state index in [2.05, 4.69) is 42.7 Å². The van der Waals surface area contributed by atoms with Crippen LogP contribution >= 0.6 is 0 Å². The molecule has 2 rings (SSSR count). The highest BCUT2D eigenvalue weighted by molar-refractivity contribution is 5.37. The van der Waals surface area contributed by atoms with E-state index < -0.39 is 0 Å². The van der Waals surface area contributed by atoms with E-state index in [1.54, 1.807) is 7.11 Å². The van der Waals surface area contributed by atoms with Crippen molar-refractivity contribution >= 4 is 0 Å². The fourth-order valence-corrected chi connectivity index (χ4v) is 2.86. The number of aryl methyl sites for hydroxylation is 1. The summed E-state index contributed by atoms with van der Waals surface area (Å²) in [7, 11) is 1.74. The van der Waals surface area contributed by atoms with Crippen molar-refractivity contribution in [2.24, 2.45) is 5.41 Å². The third-order valence-electron chi connectivity index (χ3n) is 3.94. The third kappa shape index (κ3) is 3.71. The summed E-state index contributed by atoms with van der Waals surface area (Å²) in [4.78, 5) is 0. The number of nitrogens with one attached hydrogen (secondary N) is 2. The average Bonchev–Trinajstić information content (AvgIpc) is 2.63. The van der Waals surface area contributed by atoms with Crippen molar-refractivity contribution in [2.45, 2.75) is 26.7 Å². The Labute approximate surface area is 116 Å². The van der Waals surface area contributed by atoms with Gasteiger partial charge in [0.2, 0.25) is 0 Å². The fourth-order valence-electron chi connectivity index (χ4n) is 2.86. The molecule has 1 heterocycles. The second-order valence-corrected chi connectivity index (χ2v) is 5.84. The molecule has 0 aliphatic carbocycles. The van der Waals surface area contributed by atoms with Crippen LogP contribution in [-0.2, 0) is 12.8 Å². The molecule has 3 nitrogen and oxygen atoms in total. The molecule has 0 atom stereocenters. The number of hydrogen-bond acceptors (Lipinski definition) is 3. The van der Waals surface area contributed by atoms with Crippen LogP contribution in [0.15, 0.2) is 18.2 Å². The van der Waals surface area contributed by atoms with Crippen molar-refractivity contribution in [3.05, 3.63) is 29.3 Å². The van der Waals surface area contributed by atoms with Crippen LogP contribution < -0.4 is 15.4 Å². The highest BCUT2D eigenvalue weighted by Crippen LogP contribution is 2.26. The Hall–Kier alpha value is -1.06. The Morgan fingerprint density at radius 1 is 1.21 bits per heavy atom. The monoisotopic (exact) mass is 262 g/mol. The normalized spacial score (nSPS) is 18.9. The van der Waals surface area contributed by atoms with Crippen molar-refractivity contribution in [1.29, 1.82) is 0 Å². The maximum Gasteiger partial charge on any atom is 0.122 e. The van der Waals surface area contributed by atoms with Gasteiger partial charge in [-0.05, 0) is 35.4 Å². The van der Waals surface area contributed by atoms with E-state index in [4.69, 9.17) is 4.74 Å². The van der Waals surface area contributed by atoms with Crippen molar-refractivity contribution < 1.29 is 4.74 Å². The molecule has 0 aromatic heterocycles. The SMILES string of the molecule is CCc1cc(CC2(C)CNCCNC2)ccc1OC. The van der Waals surface area contributed by atoms with Crippen LogP contribution in [0.1, 0.15) is 25.0 Å². The first-order valence-corrected chi connectivity index (χ1v) is 7.24. The summed E-state index contributed by atoms with van der Waals surface area (Å²) in [5.41, 5.74) is 3.00. The van der Waals surface area contributed by atoms with Crippen LogP contribution in [0.2, 0.25) is 0 Å². The number of benzene rings is 1. The molecule has 1 aromatic carbocycles. The minimum atomic E-state index is 0.288. The van der Waals surface area contributed by atoms with Gasteiger partial charge in [-0.1, -0.05) is 26.0 Å². The van der Waals surface area contributed by atoms with E-state index in [1.807, 2.05) is 0 Å². The largest absolute Gasteiger partial charge is 0.496 e. The Kier molecular flexibility index (Phi) is 4.83.